The molecule has 2 fully saturated rings. The van der Waals surface area contributed by atoms with Crippen molar-refractivity contribution in [3.05, 3.63) is 53.6 Å². The number of aryl methyl sites for hydroxylation is 1. The second kappa shape index (κ2) is 10.6. The standard InChI is InChI=1S/C27H33N3O4S2/c1-3-21-7-4-5-15-30(21)36(32,33)23-12-10-20(11-13-23)26(31)29(18-22-8-6-16-34-22)27-28-24-14-9-19(2)17-25(24)35-27/h9-14,17,21-22H,3-8,15-16,18H2,1-2H3. The maximum atomic E-state index is 13.7. The van der Waals surface area contributed by atoms with Crippen LogP contribution in [-0.2, 0) is 14.8 Å². The number of nitrogens with zero attached hydrogens (tertiary/aromatic N) is 3. The van der Waals surface area contributed by atoms with Gasteiger partial charge in [-0.15, -0.1) is 0 Å². The van der Waals surface area contributed by atoms with Gasteiger partial charge in [-0.3, -0.25) is 9.69 Å². The molecule has 2 atom stereocenters. The lowest BCUT2D eigenvalue weighted by Crippen LogP contribution is -2.43. The highest BCUT2D eigenvalue weighted by molar-refractivity contribution is 7.89. The summed E-state index contributed by atoms with van der Waals surface area (Å²) in [5.74, 6) is -0.199. The minimum absolute atomic E-state index is 0.0348. The van der Waals surface area contributed by atoms with Crippen LogP contribution in [0, 0.1) is 6.92 Å². The van der Waals surface area contributed by atoms with Gasteiger partial charge in [-0.05, 0) is 81.0 Å². The van der Waals surface area contributed by atoms with Crippen LogP contribution in [0.2, 0.25) is 0 Å². The van der Waals surface area contributed by atoms with Crippen molar-refractivity contribution in [1.29, 1.82) is 0 Å². The summed E-state index contributed by atoms with van der Waals surface area (Å²) in [5.41, 5.74) is 2.44. The minimum atomic E-state index is -3.60. The van der Waals surface area contributed by atoms with E-state index in [4.69, 9.17) is 9.72 Å². The summed E-state index contributed by atoms with van der Waals surface area (Å²) in [4.78, 5) is 20.4. The van der Waals surface area contributed by atoms with E-state index in [0.29, 0.717) is 30.4 Å². The zero-order chi connectivity index (χ0) is 25.3. The Balaban J connectivity index is 1.43. The third kappa shape index (κ3) is 5.07. The van der Waals surface area contributed by atoms with E-state index in [1.807, 2.05) is 26.0 Å². The van der Waals surface area contributed by atoms with Gasteiger partial charge in [0.2, 0.25) is 10.0 Å². The van der Waals surface area contributed by atoms with Gasteiger partial charge in [0.05, 0.1) is 27.8 Å². The summed E-state index contributed by atoms with van der Waals surface area (Å²) >= 11 is 1.49. The SMILES string of the molecule is CCC1CCCCN1S(=O)(=O)c1ccc(C(=O)N(CC2CCCO2)c2nc3ccc(C)cc3s2)cc1. The average Bonchev–Trinajstić information content (AvgIpc) is 3.56. The molecule has 3 aromatic rings. The van der Waals surface area contributed by atoms with Crippen molar-refractivity contribution in [3.63, 3.8) is 0 Å². The van der Waals surface area contributed by atoms with E-state index in [2.05, 4.69) is 6.07 Å². The monoisotopic (exact) mass is 527 g/mol. The summed E-state index contributed by atoms with van der Waals surface area (Å²) in [6, 6.07) is 12.5. The Morgan fingerprint density at radius 1 is 1.14 bits per heavy atom. The van der Waals surface area contributed by atoms with Crippen LogP contribution in [0.25, 0.3) is 10.2 Å². The lowest BCUT2D eigenvalue weighted by molar-refractivity contribution is 0.0917. The van der Waals surface area contributed by atoms with Crippen LogP contribution < -0.4 is 4.90 Å². The minimum Gasteiger partial charge on any atom is -0.376 e. The third-order valence-electron chi connectivity index (χ3n) is 7.17. The van der Waals surface area contributed by atoms with Gasteiger partial charge in [-0.1, -0.05) is 30.7 Å². The number of ether oxygens (including phenoxy) is 1. The smallest absolute Gasteiger partial charge is 0.260 e. The Bertz CT molecular complexity index is 1330. The quantitative estimate of drug-likeness (QED) is 0.412. The van der Waals surface area contributed by atoms with E-state index in [0.717, 1.165) is 54.3 Å². The maximum absolute atomic E-state index is 13.7. The van der Waals surface area contributed by atoms with Crippen molar-refractivity contribution < 1.29 is 17.9 Å². The number of amides is 1. The summed E-state index contributed by atoms with van der Waals surface area (Å²) < 4.78 is 35.2. The van der Waals surface area contributed by atoms with Gasteiger partial charge in [0.1, 0.15) is 0 Å². The number of hydrogen-bond acceptors (Lipinski definition) is 6. The molecule has 1 aromatic heterocycles. The molecule has 9 heteroatoms. The molecule has 36 heavy (non-hydrogen) atoms. The molecule has 2 aliphatic heterocycles. The molecule has 2 unspecified atom stereocenters. The lowest BCUT2D eigenvalue weighted by atomic mass is 10.0. The number of thiazole rings is 1. The molecule has 0 bridgehead atoms. The van der Waals surface area contributed by atoms with Gasteiger partial charge >= 0.3 is 0 Å². The molecule has 2 aliphatic rings. The Morgan fingerprint density at radius 2 is 1.94 bits per heavy atom. The van der Waals surface area contributed by atoms with E-state index < -0.39 is 10.0 Å². The van der Waals surface area contributed by atoms with Crippen molar-refractivity contribution in [2.75, 3.05) is 24.6 Å². The first-order valence-corrected chi connectivity index (χ1v) is 15.0. The Labute approximate surface area is 217 Å². The fourth-order valence-corrected chi connectivity index (χ4v) is 7.97. The number of sulfonamides is 1. The van der Waals surface area contributed by atoms with Gasteiger partial charge in [-0.25, -0.2) is 13.4 Å². The number of hydrogen-bond donors (Lipinski definition) is 0. The lowest BCUT2D eigenvalue weighted by Gasteiger charge is -2.34. The van der Waals surface area contributed by atoms with E-state index in [9.17, 15) is 13.2 Å². The number of fused-ring (bicyclic) bond motifs is 1. The normalized spacial score (nSPS) is 21.2. The topological polar surface area (TPSA) is 79.8 Å². The molecule has 0 aliphatic carbocycles. The Kier molecular flexibility index (Phi) is 7.44. The van der Waals surface area contributed by atoms with Crippen LogP contribution in [0.15, 0.2) is 47.4 Å². The molecule has 2 saturated heterocycles. The molecule has 5 rings (SSSR count). The van der Waals surface area contributed by atoms with E-state index in [-0.39, 0.29) is 22.9 Å². The third-order valence-corrected chi connectivity index (χ3v) is 10.2. The molecule has 0 saturated carbocycles. The highest BCUT2D eigenvalue weighted by Crippen LogP contribution is 2.32. The molecule has 0 spiro atoms. The number of carbonyl (C=O) groups excluding carboxylic acids is 1. The summed E-state index contributed by atoms with van der Waals surface area (Å²) in [5, 5.41) is 0.631. The summed E-state index contributed by atoms with van der Waals surface area (Å²) in [7, 11) is -3.60. The Morgan fingerprint density at radius 3 is 2.67 bits per heavy atom. The van der Waals surface area contributed by atoms with Crippen molar-refractivity contribution in [2.24, 2.45) is 0 Å². The van der Waals surface area contributed by atoms with Crippen LogP contribution in [0.1, 0.15) is 61.4 Å². The molecule has 1 amide bonds. The average molecular weight is 528 g/mol. The van der Waals surface area contributed by atoms with E-state index in [1.165, 1.54) is 11.3 Å². The Hall–Kier alpha value is -2.33. The first-order chi connectivity index (χ1) is 17.4. The number of piperidine rings is 1. The fourth-order valence-electron chi connectivity index (χ4n) is 5.13. The van der Waals surface area contributed by atoms with Gasteiger partial charge in [-0.2, -0.15) is 4.31 Å². The molecule has 3 heterocycles. The fraction of sp³-hybridized carbons (Fsp3) is 0.481. The van der Waals surface area contributed by atoms with Crippen LogP contribution in [0.3, 0.4) is 0 Å². The van der Waals surface area contributed by atoms with Gasteiger partial charge in [0.25, 0.3) is 5.91 Å². The van der Waals surface area contributed by atoms with Crippen LogP contribution in [-0.4, -0.2) is 55.5 Å². The first-order valence-electron chi connectivity index (χ1n) is 12.8. The van der Waals surface area contributed by atoms with Gasteiger partial charge < -0.3 is 4.74 Å². The van der Waals surface area contributed by atoms with E-state index >= 15 is 0 Å². The number of anilines is 1. The number of carbonyl (C=O) groups is 1. The van der Waals surface area contributed by atoms with Crippen molar-refractivity contribution in [3.8, 4) is 0 Å². The highest BCUT2D eigenvalue weighted by atomic mass is 32.2. The number of aromatic nitrogens is 1. The number of benzene rings is 2. The molecule has 7 nitrogen and oxygen atoms in total. The largest absolute Gasteiger partial charge is 0.376 e. The maximum Gasteiger partial charge on any atom is 0.260 e. The molecule has 0 N–H and O–H groups in total. The zero-order valence-electron chi connectivity index (χ0n) is 20.9. The van der Waals surface area contributed by atoms with Gasteiger partial charge in [0, 0.05) is 24.8 Å². The second-order valence-electron chi connectivity index (χ2n) is 9.72. The van der Waals surface area contributed by atoms with Gasteiger partial charge in [0.15, 0.2) is 5.13 Å². The van der Waals surface area contributed by atoms with Crippen LogP contribution >= 0.6 is 11.3 Å². The van der Waals surface area contributed by atoms with Crippen LogP contribution in [0.5, 0.6) is 0 Å². The summed E-state index contributed by atoms with van der Waals surface area (Å²) in [6.45, 7) is 5.74. The molecular weight excluding hydrogens is 494 g/mol. The first kappa shape index (κ1) is 25.3. The molecular formula is C27H33N3O4S2. The highest BCUT2D eigenvalue weighted by Gasteiger charge is 2.33. The van der Waals surface area contributed by atoms with Crippen molar-refractivity contribution in [1.82, 2.24) is 9.29 Å². The zero-order valence-corrected chi connectivity index (χ0v) is 22.5. The van der Waals surface area contributed by atoms with E-state index in [1.54, 1.807) is 33.5 Å². The summed E-state index contributed by atoms with van der Waals surface area (Å²) in [6.07, 6.45) is 5.48. The molecule has 192 valence electrons. The predicted octanol–water partition coefficient (Wildman–Crippen LogP) is 5.38. The molecule has 0 radical (unpaired) electrons. The molecule has 2 aromatic carbocycles. The van der Waals surface area contributed by atoms with Crippen LogP contribution in [0.4, 0.5) is 5.13 Å². The van der Waals surface area contributed by atoms with Crippen molar-refractivity contribution in [2.45, 2.75) is 69.4 Å². The predicted molar refractivity (Wildman–Crippen MR) is 143 cm³/mol. The number of rotatable bonds is 7. The van der Waals surface area contributed by atoms with Crippen molar-refractivity contribution >= 4 is 42.6 Å². The second-order valence-corrected chi connectivity index (χ2v) is 12.6.